The molecule has 0 bridgehead atoms. The predicted octanol–water partition coefficient (Wildman–Crippen LogP) is 0.926. The third-order valence-corrected chi connectivity index (χ3v) is 4.00. The smallest absolute Gasteiger partial charge is 0.391 e. The molecule has 9 heavy (non-hydrogen) atoms. The minimum absolute atomic E-state index is 1.68. The van der Waals surface area contributed by atoms with Crippen molar-refractivity contribution in [3.63, 3.8) is 0 Å². The second-order valence-corrected chi connectivity index (χ2v) is 4.77. The number of hydrogen-bond donors (Lipinski definition) is 0. The molecule has 0 atom stereocenters. The van der Waals surface area contributed by atoms with Gasteiger partial charge in [-0.3, -0.25) is 0 Å². The third-order valence-electron chi connectivity index (χ3n) is 1.41. The highest BCUT2D eigenvalue weighted by Gasteiger charge is 2.30. The van der Waals surface area contributed by atoms with Gasteiger partial charge < -0.3 is 8.85 Å². The number of allylic oxidation sites excluding steroid dienone is 2. The fraction of sp³-hybridized carbons (Fsp3) is 0.333. The Hall–Kier alpha value is -0.383. The van der Waals surface area contributed by atoms with Crippen LogP contribution in [0.2, 0.25) is 0 Å². The van der Waals surface area contributed by atoms with E-state index < -0.39 is 8.56 Å². The first-order chi connectivity index (χ1) is 4.33. The van der Waals surface area contributed by atoms with Gasteiger partial charge in [0.05, 0.1) is 0 Å². The molecule has 0 aliphatic carbocycles. The fourth-order valence-corrected chi connectivity index (χ4v) is 2.37. The normalized spacial score (nSPS) is 21.1. The first-order valence-corrected chi connectivity index (χ1v) is 4.77. The Morgan fingerprint density at radius 3 is 1.67 bits per heavy atom. The highest BCUT2D eigenvalue weighted by Crippen LogP contribution is 2.13. The summed E-state index contributed by atoms with van der Waals surface area (Å²) in [5, 5.41) is 0. The molecule has 0 saturated carbocycles. The van der Waals surface area contributed by atoms with Gasteiger partial charge in [0.2, 0.25) is 0 Å². The quantitative estimate of drug-likeness (QED) is 0.534. The standard InChI is InChI=1S/C6H10O2Si/c1-7-9(8-2)5-3-4-6-9/h3-6H,1-2H3. The van der Waals surface area contributed by atoms with Crippen LogP contribution in [-0.4, -0.2) is 22.8 Å². The van der Waals surface area contributed by atoms with Gasteiger partial charge in [-0.1, -0.05) is 12.2 Å². The topological polar surface area (TPSA) is 18.5 Å². The highest BCUT2D eigenvalue weighted by molar-refractivity contribution is 6.78. The zero-order valence-electron chi connectivity index (χ0n) is 5.63. The van der Waals surface area contributed by atoms with E-state index in [9.17, 15) is 0 Å². The number of hydrogen-bond acceptors (Lipinski definition) is 2. The lowest BCUT2D eigenvalue weighted by atomic mass is 10.6. The van der Waals surface area contributed by atoms with Crippen molar-refractivity contribution >= 4 is 8.56 Å². The van der Waals surface area contributed by atoms with E-state index in [-0.39, 0.29) is 0 Å². The van der Waals surface area contributed by atoms with Gasteiger partial charge in [0, 0.05) is 14.2 Å². The SMILES string of the molecule is CO[Si]1(OC)C=CC=C1. The van der Waals surface area contributed by atoms with Gasteiger partial charge in [-0.05, 0) is 11.4 Å². The maximum atomic E-state index is 5.19. The van der Waals surface area contributed by atoms with Crippen molar-refractivity contribution in [1.29, 1.82) is 0 Å². The molecular formula is C6H10O2Si. The molecule has 0 radical (unpaired) electrons. The molecule has 0 unspecified atom stereocenters. The van der Waals surface area contributed by atoms with Crippen LogP contribution in [0, 0.1) is 0 Å². The highest BCUT2D eigenvalue weighted by atomic mass is 28.4. The summed E-state index contributed by atoms with van der Waals surface area (Å²) in [5.41, 5.74) is 3.99. The van der Waals surface area contributed by atoms with Crippen LogP contribution in [0.5, 0.6) is 0 Å². The molecule has 0 amide bonds. The van der Waals surface area contributed by atoms with E-state index in [4.69, 9.17) is 8.85 Å². The minimum atomic E-state index is -1.94. The van der Waals surface area contributed by atoms with Gasteiger partial charge in [0.25, 0.3) is 0 Å². The summed E-state index contributed by atoms with van der Waals surface area (Å²) in [7, 11) is 1.41. The molecule has 0 N–H and O–H groups in total. The molecule has 0 saturated heterocycles. The average molecular weight is 142 g/mol. The summed E-state index contributed by atoms with van der Waals surface area (Å²) in [5.74, 6) is 0. The Labute approximate surface area is 56.0 Å². The summed E-state index contributed by atoms with van der Waals surface area (Å²) in [4.78, 5) is 0. The third kappa shape index (κ3) is 1.12. The second kappa shape index (κ2) is 2.47. The van der Waals surface area contributed by atoms with Crippen LogP contribution in [0.25, 0.3) is 0 Å². The van der Waals surface area contributed by atoms with Crippen molar-refractivity contribution in [2.24, 2.45) is 0 Å². The van der Waals surface area contributed by atoms with Crippen LogP contribution < -0.4 is 0 Å². The Morgan fingerprint density at radius 1 is 1.00 bits per heavy atom. The van der Waals surface area contributed by atoms with Gasteiger partial charge in [-0.25, -0.2) is 0 Å². The summed E-state index contributed by atoms with van der Waals surface area (Å²) < 4.78 is 10.4. The van der Waals surface area contributed by atoms with Crippen molar-refractivity contribution in [1.82, 2.24) is 0 Å². The molecule has 3 heteroatoms. The molecule has 1 heterocycles. The maximum Gasteiger partial charge on any atom is 0.391 e. The fourth-order valence-electron chi connectivity index (χ4n) is 0.790. The maximum absolute atomic E-state index is 5.19. The molecule has 0 aromatic carbocycles. The summed E-state index contributed by atoms with van der Waals surface area (Å²) in [6, 6.07) is 0. The lowest BCUT2D eigenvalue weighted by molar-refractivity contribution is 0.270. The molecular weight excluding hydrogens is 132 g/mol. The molecule has 2 nitrogen and oxygen atoms in total. The summed E-state index contributed by atoms with van der Waals surface area (Å²) in [6.45, 7) is 0. The van der Waals surface area contributed by atoms with E-state index in [1.165, 1.54) is 0 Å². The van der Waals surface area contributed by atoms with Gasteiger partial charge in [-0.15, -0.1) is 0 Å². The van der Waals surface area contributed by atoms with Crippen molar-refractivity contribution < 1.29 is 8.85 Å². The first kappa shape index (κ1) is 6.73. The van der Waals surface area contributed by atoms with Crippen LogP contribution >= 0.6 is 0 Å². The van der Waals surface area contributed by atoms with E-state index in [1.54, 1.807) is 14.2 Å². The molecule has 0 fully saturated rings. The summed E-state index contributed by atoms with van der Waals surface area (Å²) in [6.07, 6.45) is 3.92. The molecule has 0 spiro atoms. The lowest BCUT2D eigenvalue weighted by Gasteiger charge is -2.16. The van der Waals surface area contributed by atoms with Gasteiger partial charge in [-0.2, -0.15) is 0 Å². The van der Waals surface area contributed by atoms with Crippen LogP contribution in [0.3, 0.4) is 0 Å². The van der Waals surface area contributed by atoms with Crippen LogP contribution in [0.4, 0.5) is 0 Å². The zero-order chi connectivity index (χ0) is 6.74. The van der Waals surface area contributed by atoms with Gasteiger partial charge in [0.15, 0.2) is 0 Å². The molecule has 0 aromatic rings. The predicted molar refractivity (Wildman–Crippen MR) is 38.1 cm³/mol. The Morgan fingerprint density at radius 2 is 1.44 bits per heavy atom. The Kier molecular flexibility index (Phi) is 1.85. The molecule has 1 aliphatic rings. The average Bonchev–Trinajstić information content (AvgIpc) is 2.36. The van der Waals surface area contributed by atoms with E-state index in [0.29, 0.717) is 0 Å². The van der Waals surface area contributed by atoms with Gasteiger partial charge >= 0.3 is 8.56 Å². The second-order valence-electron chi connectivity index (χ2n) is 1.85. The monoisotopic (exact) mass is 142 g/mol. The number of rotatable bonds is 2. The van der Waals surface area contributed by atoms with E-state index in [1.807, 2.05) is 23.6 Å². The van der Waals surface area contributed by atoms with Crippen LogP contribution in [-0.2, 0) is 8.85 Å². The Bertz CT molecular complexity index is 133. The van der Waals surface area contributed by atoms with Crippen molar-refractivity contribution in [3.05, 3.63) is 23.6 Å². The largest absolute Gasteiger partial charge is 0.392 e. The molecule has 1 aliphatic heterocycles. The Balaban J connectivity index is 2.69. The molecule has 0 aromatic heterocycles. The van der Waals surface area contributed by atoms with Crippen LogP contribution in [0.1, 0.15) is 0 Å². The first-order valence-electron chi connectivity index (χ1n) is 2.80. The van der Waals surface area contributed by atoms with E-state index >= 15 is 0 Å². The van der Waals surface area contributed by atoms with E-state index in [2.05, 4.69) is 0 Å². The minimum Gasteiger partial charge on any atom is -0.392 e. The van der Waals surface area contributed by atoms with Gasteiger partial charge in [0.1, 0.15) is 0 Å². The van der Waals surface area contributed by atoms with Crippen LogP contribution in [0.15, 0.2) is 23.6 Å². The molecule has 1 rings (SSSR count). The van der Waals surface area contributed by atoms with Crippen molar-refractivity contribution in [2.45, 2.75) is 0 Å². The van der Waals surface area contributed by atoms with E-state index in [0.717, 1.165) is 0 Å². The summed E-state index contributed by atoms with van der Waals surface area (Å²) >= 11 is 0. The zero-order valence-corrected chi connectivity index (χ0v) is 6.63. The van der Waals surface area contributed by atoms with Crippen molar-refractivity contribution in [3.8, 4) is 0 Å². The van der Waals surface area contributed by atoms with Crippen molar-refractivity contribution in [2.75, 3.05) is 14.2 Å². The lowest BCUT2D eigenvalue weighted by Crippen LogP contribution is -2.34. The molecule has 50 valence electrons.